The molecule has 3 rings (SSSR count). The number of hydrogen-bond donors (Lipinski definition) is 1. The fourth-order valence-electron chi connectivity index (χ4n) is 3.08. The van der Waals surface area contributed by atoms with Gasteiger partial charge in [0.25, 0.3) is 11.1 Å². The highest BCUT2D eigenvalue weighted by Crippen LogP contribution is 2.34. The van der Waals surface area contributed by atoms with Crippen molar-refractivity contribution in [2.45, 2.75) is 20.8 Å². The summed E-state index contributed by atoms with van der Waals surface area (Å²) >= 11 is 7.06. The van der Waals surface area contributed by atoms with Gasteiger partial charge in [-0.15, -0.1) is 0 Å². The van der Waals surface area contributed by atoms with Gasteiger partial charge in [0.1, 0.15) is 6.54 Å². The van der Waals surface area contributed by atoms with Crippen LogP contribution in [-0.2, 0) is 9.59 Å². The zero-order chi connectivity index (χ0) is 19.9. The van der Waals surface area contributed by atoms with Crippen LogP contribution in [0.25, 0.3) is 11.8 Å². The molecule has 6 nitrogen and oxygen atoms in total. The molecule has 1 saturated heterocycles. The summed E-state index contributed by atoms with van der Waals surface area (Å²) in [6, 6.07) is 7.64. The van der Waals surface area contributed by atoms with Crippen LogP contribution in [0.5, 0.6) is 0 Å². The molecule has 8 heteroatoms. The smallest absolute Gasteiger partial charge is 0.294 e. The van der Waals surface area contributed by atoms with Gasteiger partial charge in [0.15, 0.2) is 0 Å². The van der Waals surface area contributed by atoms with Crippen molar-refractivity contribution in [3.05, 3.63) is 56.7 Å². The number of imide groups is 1. The first kappa shape index (κ1) is 19.3. The first-order valence-electron chi connectivity index (χ1n) is 8.18. The largest absolute Gasteiger partial charge is 0.368 e. The number of thioether (sulfide) groups is 1. The van der Waals surface area contributed by atoms with Crippen LogP contribution in [0.1, 0.15) is 22.5 Å². The van der Waals surface area contributed by atoms with Crippen LogP contribution >= 0.6 is 23.4 Å². The van der Waals surface area contributed by atoms with Crippen molar-refractivity contribution < 1.29 is 14.4 Å². The van der Waals surface area contributed by atoms with Crippen LogP contribution in [0.15, 0.2) is 29.2 Å². The SMILES string of the molecule is Cc1c(Cl)cccc1-n1c(C)cc(/C=C2\SC(=O)N(CC(N)=O)C2=O)c1C. The van der Waals surface area contributed by atoms with Gasteiger partial charge < -0.3 is 10.3 Å². The molecule has 0 unspecified atom stereocenters. The van der Waals surface area contributed by atoms with Gasteiger partial charge in [-0.3, -0.25) is 19.3 Å². The minimum absolute atomic E-state index is 0.268. The molecule has 0 aliphatic carbocycles. The lowest BCUT2D eigenvalue weighted by Gasteiger charge is -2.13. The number of carbonyl (C=O) groups excluding carboxylic acids is 3. The van der Waals surface area contributed by atoms with Crippen LogP contribution in [-0.4, -0.2) is 33.1 Å². The van der Waals surface area contributed by atoms with E-state index in [-0.39, 0.29) is 4.91 Å². The minimum atomic E-state index is -0.729. The van der Waals surface area contributed by atoms with Gasteiger partial charge in [-0.05, 0) is 67.9 Å². The normalized spacial score (nSPS) is 15.9. The van der Waals surface area contributed by atoms with E-state index in [2.05, 4.69) is 4.57 Å². The summed E-state index contributed by atoms with van der Waals surface area (Å²) in [5.41, 5.74) is 9.72. The molecule has 3 amide bonds. The summed E-state index contributed by atoms with van der Waals surface area (Å²) in [7, 11) is 0. The van der Waals surface area contributed by atoms with Crippen molar-refractivity contribution >= 4 is 46.5 Å². The Morgan fingerprint density at radius 2 is 1.96 bits per heavy atom. The first-order valence-corrected chi connectivity index (χ1v) is 9.38. The Morgan fingerprint density at radius 3 is 2.63 bits per heavy atom. The molecular weight excluding hydrogens is 386 g/mol. The predicted molar refractivity (Wildman–Crippen MR) is 107 cm³/mol. The highest BCUT2D eigenvalue weighted by molar-refractivity contribution is 8.18. The number of primary amides is 1. The van der Waals surface area contributed by atoms with Crippen molar-refractivity contribution in [2.75, 3.05) is 6.54 Å². The summed E-state index contributed by atoms with van der Waals surface area (Å²) in [6.45, 7) is 5.44. The van der Waals surface area contributed by atoms with E-state index in [1.165, 1.54) is 0 Å². The second-order valence-electron chi connectivity index (χ2n) is 6.28. The Morgan fingerprint density at radius 1 is 1.26 bits per heavy atom. The molecule has 27 heavy (non-hydrogen) atoms. The molecule has 0 saturated carbocycles. The van der Waals surface area contributed by atoms with Gasteiger partial charge in [-0.2, -0.15) is 0 Å². The minimum Gasteiger partial charge on any atom is -0.368 e. The van der Waals surface area contributed by atoms with Crippen molar-refractivity contribution in [1.82, 2.24) is 9.47 Å². The molecule has 0 spiro atoms. The number of aromatic nitrogens is 1. The lowest BCUT2D eigenvalue weighted by molar-refractivity contribution is -0.127. The average Bonchev–Trinajstić information content (AvgIpc) is 3.01. The molecule has 140 valence electrons. The topological polar surface area (TPSA) is 85.4 Å². The molecule has 2 N–H and O–H groups in total. The molecule has 2 aromatic rings. The molecule has 0 bridgehead atoms. The zero-order valence-electron chi connectivity index (χ0n) is 15.1. The van der Waals surface area contributed by atoms with Gasteiger partial charge >= 0.3 is 0 Å². The number of carbonyl (C=O) groups is 3. The second kappa shape index (κ2) is 7.25. The molecule has 1 aliphatic heterocycles. The quantitative estimate of drug-likeness (QED) is 0.790. The second-order valence-corrected chi connectivity index (χ2v) is 7.68. The maximum absolute atomic E-state index is 12.4. The standard InChI is InChI=1S/C19H18ClN3O3S/c1-10-7-13(8-16-18(25)22(9-17(21)24)19(26)27-16)12(3)23(10)15-6-4-5-14(20)11(15)2/h4-8H,9H2,1-3H3,(H2,21,24)/b16-8-. The molecule has 1 aliphatic rings. The van der Waals surface area contributed by atoms with Crippen LogP contribution in [0, 0.1) is 20.8 Å². The molecular formula is C19H18ClN3O3S. The molecule has 1 fully saturated rings. The van der Waals surface area contributed by atoms with Gasteiger partial charge in [0, 0.05) is 22.1 Å². The van der Waals surface area contributed by atoms with E-state index < -0.39 is 23.6 Å². The fourth-order valence-corrected chi connectivity index (χ4v) is 4.07. The molecule has 1 aromatic heterocycles. The third-order valence-electron chi connectivity index (χ3n) is 4.42. The summed E-state index contributed by atoms with van der Waals surface area (Å²) < 4.78 is 2.06. The third-order valence-corrected chi connectivity index (χ3v) is 5.74. The van der Waals surface area contributed by atoms with E-state index in [9.17, 15) is 14.4 Å². The zero-order valence-corrected chi connectivity index (χ0v) is 16.6. The van der Waals surface area contributed by atoms with Crippen molar-refractivity contribution in [1.29, 1.82) is 0 Å². The van der Waals surface area contributed by atoms with Gasteiger partial charge in [0.05, 0.1) is 4.91 Å². The number of rotatable bonds is 4. The van der Waals surface area contributed by atoms with Crippen LogP contribution in [0.3, 0.4) is 0 Å². The lowest BCUT2D eigenvalue weighted by atomic mass is 10.2. The highest BCUT2D eigenvalue weighted by Gasteiger charge is 2.36. The van der Waals surface area contributed by atoms with E-state index in [0.717, 1.165) is 44.9 Å². The molecule has 1 aromatic carbocycles. The third kappa shape index (κ3) is 3.52. The van der Waals surface area contributed by atoms with E-state index in [1.54, 1.807) is 6.08 Å². The fraction of sp³-hybridized carbons (Fsp3) is 0.211. The van der Waals surface area contributed by atoms with Crippen molar-refractivity contribution in [2.24, 2.45) is 5.73 Å². The number of nitrogens with zero attached hydrogens (tertiary/aromatic N) is 2. The number of benzene rings is 1. The number of nitrogens with two attached hydrogens (primary N) is 1. The van der Waals surface area contributed by atoms with Gasteiger partial charge in [0.2, 0.25) is 5.91 Å². The van der Waals surface area contributed by atoms with E-state index in [4.69, 9.17) is 17.3 Å². The van der Waals surface area contributed by atoms with Crippen LogP contribution in [0.4, 0.5) is 4.79 Å². The molecule has 0 radical (unpaired) electrons. The van der Waals surface area contributed by atoms with Gasteiger partial charge in [-0.25, -0.2) is 0 Å². The lowest BCUT2D eigenvalue weighted by Crippen LogP contribution is -2.36. The summed E-state index contributed by atoms with van der Waals surface area (Å²) in [6.07, 6.45) is 1.67. The number of amides is 3. The summed E-state index contributed by atoms with van der Waals surface area (Å²) in [5.74, 6) is -1.24. The van der Waals surface area contributed by atoms with Crippen LogP contribution < -0.4 is 5.73 Å². The average molecular weight is 404 g/mol. The Labute approximate surface area is 166 Å². The predicted octanol–water partition coefficient (Wildman–Crippen LogP) is 3.58. The number of aryl methyl sites for hydroxylation is 1. The highest BCUT2D eigenvalue weighted by atomic mass is 35.5. The Balaban J connectivity index is 2.02. The maximum Gasteiger partial charge on any atom is 0.294 e. The Bertz CT molecular complexity index is 1010. The van der Waals surface area contributed by atoms with E-state index in [0.29, 0.717) is 5.02 Å². The number of halogens is 1. The van der Waals surface area contributed by atoms with Gasteiger partial charge in [-0.1, -0.05) is 17.7 Å². The summed E-state index contributed by atoms with van der Waals surface area (Å²) in [4.78, 5) is 36.6. The Hall–Kier alpha value is -2.51. The maximum atomic E-state index is 12.4. The van der Waals surface area contributed by atoms with Crippen molar-refractivity contribution in [3.63, 3.8) is 0 Å². The van der Waals surface area contributed by atoms with Crippen molar-refractivity contribution in [3.8, 4) is 5.69 Å². The first-order chi connectivity index (χ1) is 12.7. The van der Waals surface area contributed by atoms with Crippen LogP contribution in [0.2, 0.25) is 5.02 Å². The monoisotopic (exact) mass is 403 g/mol. The van der Waals surface area contributed by atoms with E-state index in [1.807, 2.05) is 45.0 Å². The van der Waals surface area contributed by atoms with E-state index >= 15 is 0 Å². The molecule has 2 heterocycles. The number of hydrogen-bond acceptors (Lipinski definition) is 4. The molecule has 0 atom stereocenters. The Kier molecular flexibility index (Phi) is 5.17. The summed E-state index contributed by atoms with van der Waals surface area (Å²) in [5, 5.41) is 0.179.